The highest BCUT2D eigenvalue weighted by molar-refractivity contribution is 5.76. The molecule has 1 amide bonds. The lowest BCUT2D eigenvalue weighted by Crippen LogP contribution is -2.61. The molecule has 0 aromatic rings. The van der Waals surface area contributed by atoms with Gasteiger partial charge in [-0.25, -0.2) is 0 Å². The number of ether oxygens (including phenoxy) is 6. The fourth-order valence-corrected chi connectivity index (χ4v) is 10.7. The Bertz CT molecular complexity index is 1770. The molecule has 15 nitrogen and oxygen atoms in total. The van der Waals surface area contributed by atoms with E-state index in [0.29, 0.717) is 19.4 Å². The first-order valence-electron chi connectivity index (χ1n) is 26.9. The Morgan fingerprint density at radius 3 is 1.94 bits per heavy atom. The number of esters is 1. The number of hydrogen-bond acceptors (Lipinski definition) is 14. The van der Waals surface area contributed by atoms with Crippen molar-refractivity contribution < 1.29 is 63.5 Å². The molecule has 18 atom stereocenters. The zero-order chi connectivity index (χ0) is 54.0. The summed E-state index contributed by atoms with van der Waals surface area (Å²) >= 11 is 0. The van der Waals surface area contributed by atoms with Gasteiger partial charge in [0.05, 0.1) is 47.6 Å². The highest BCUT2D eigenvalue weighted by Gasteiger charge is 2.53. The van der Waals surface area contributed by atoms with Crippen molar-refractivity contribution in [1.82, 2.24) is 9.80 Å². The largest absolute Gasteiger partial charge is 0.459 e. The van der Waals surface area contributed by atoms with E-state index in [-0.39, 0.29) is 37.5 Å². The van der Waals surface area contributed by atoms with Gasteiger partial charge in [-0.2, -0.15) is 0 Å². The number of cyclic esters (lactones) is 1. The molecular weight excluding hydrogens is 921 g/mol. The number of carbonyl (C=O) groups excluding carboxylic acids is 2. The molecular formula is C57H98N2O13. The molecule has 5 N–H and O–H groups in total. The average molecular weight is 1020 g/mol. The van der Waals surface area contributed by atoms with E-state index in [1.54, 1.807) is 60.4 Å². The number of aliphatic hydroxyl groups excluding tert-OH is 3. The number of likely N-dealkylation sites (N-methyl/N-ethyl adjacent to an activating group) is 2. The van der Waals surface area contributed by atoms with Crippen molar-refractivity contribution in [2.45, 2.75) is 244 Å². The van der Waals surface area contributed by atoms with Crippen LogP contribution in [0.3, 0.4) is 0 Å². The lowest BCUT2D eigenvalue weighted by Gasteiger charge is -2.49. The fourth-order valence-electron chi connectivity index (χ4n) is 10.7. The molecule has 3 aliphatic rings. The zero-order valence-electron chi connectivity index (χ0n) is 46.5. The molecule has 0 aromatic heterocycles. The number of allylic oxidation sites excluding steroid dienone is 10. The second-order valence-corrected chi connectivity index (χ2v) is 21.8. The van der Waals surface area contributed by atoms with E-state index < -0.39 is 108 Å². The molecule has 414 valence electrons. The Kier molecular flexibility index (Phi) is 26.5. The number of methoxy groups -OCH3 is 1. The molecule has 3 heterocycles. The van der Waals surface area contributed by atoms with Crippen LogP contribution in [-0.4, -0.2) is 165 Å². The van der Waals surface area contributed by atoms with Crippen molar-refractivity contribution >= 4 is 11.9 Å². The van der Waals surface area contributed by atoms with Crippen LogP contribution in [0.15, 0.2) is 60.8 Å². The van der Waals surface area contributed by atoms with E-state index in [9.17, 15) is 35.1 Å². The smallest absolute Gasteiger partial charge is 0.311 e. The summed E-state index contributed by atoms with van der Waals surface area (Å²) in [5.74, 6) is -2.97. The highest BCUT2D eigenvalue weighted by Crippen LogP contribution is 2.40. The molecule has 3 aliphatic heterocycles. The summed E-state index contributed by atoms with van der Waals surface area (Å²) < 4.78 is 38.1. The molecule has 3 rings (SSSR count). The summed E-state index contributed by atoms with van der Waals surface area (Å²) in [5, 5.41) is 59.5. The van der Waals surface area contributed by atoms with Crippen LogP contribution in [0.2, 0.25) is 0 Å². The summed E-state index contributed by atoms with van der Waals surface area (Å²) in [6.07, 6.45) is 18.2. The summed E-state index contributed by atoms with van der Waals surface area (Å²) in [6, 6.07) is -1.25. The van der Waals surface area contributed by atoms with Crippen molar-refractivity contribution in [3.8, 4) is 0 Å². The van der Waals surface area contributed by atoms with Crippen molar-refractivity contribution in [3.05, 3.63) is 60.8 Å². The molecule has 3 saturated heterocycles. The minimum absolute atomic E-state index is 0.0913. The molecule has 0 saturated carbocycles. The highest BCUT2D eigenvalue weighted by atomic mass is 16.7. The van der Waals surface area contributed by atoms with Gasteiger partial charge in [0.2, 0.25) is 5.91 Å². The first-order valence-corrected chi connectivity index (χ1v) is 26.9. The predicted molar refractivity (Wildman–Crippen MR) is 282 cm³/mol. The Hall–Kier alpha value is -2.80. The maximum absolute atomic E-state index is 14.5. The minimum Gasteiger partial charge on any atom is -0.459 e. The Balaban J connectivity index is 1.87. The topological polar surface area (TPSA) is 197 Å². The van der Waals surface area contributed by atoms with Gasteiger partial charge < -0.3 is 63.8 Å². The van der Waals surface area contributed by atoms with Crippen molar-refractivity contribution in [1.29, 1.82) is 0 Å². The number of nitrogens with zero attached hydrogens (tertiary/aromatic N) is 2. The number of aliphatic hydroxyl groups is 5. The maximum atomic E-state index is 14.5. The molecule has 72 heavy (non-hydrogen) atoms. The van der Waals surface area contributed by atoms with Crippen LogP contribution in [0, 0.1) is 17.8 Å². The Morgan fingerprint density at radius 2 is 1.39 bits per heavy atom. The van der Waals surface area contributed by atoms with Gasteiger partial charge in [0.1, 0.15) is 30.0 Å². The van der Waals surface area contributed by atoms with E-state index in [1.807, 2.05) is 25.8 Å². The standard InChI is InChI=1S/C57H98N2O13/c1-15-17-18-19-20-21-22-23-24-25-26-27-28-29-30-31-32-33-46(60)59(13)44-34-39(4)68-54(48(44)61)72-52-40(5)49(71-47-36-56(10,67-14)51(63)43(8)69-47)41(6)53(64)70-45(16-2)57(11,66)50(62)42(7)58(12)37-38(3)35-55(52,9)65/h17-18,20-21,23-24,26-27,29-30,38-45,47-52,54,61-63,65-66H,15-16,19,22,25,28,31-37H2,1-14H3/b18-17-,21-20-,24-23-,27-26-,30-29-/t38-,39-,40-,41-,42-,43+,44+,45-,47+,48-,49+,50-,51+,52-,54+,55-,56-,57-/m1/s1. The van der Waals surface area contributed by atoms with Crippen LogP contribution >= 0.6 is 0 Å². The molecule has 0 radical (unpaired) electrons. The molecule has 3 fully saturated rings. The van der Waals surface area contributed by atoms with E-state index in [0.717, 1.165) is 38.5 Å². The van der Waals surface area contributed by atoms with Gasteiger partial charge in [0, 0.05) is 45.5 Å². The molecule has 0 aliphatic carbocycles. The molecule has 0 bridgehead atoms. The minimum atomic E-state index is -1.84. The molecule has 0 spiro atoms. The van der Waals surface area contributed by atoms with Gasteiger partial charge in [-0.15, -0.1) is 0 Å². The van der Waals surface area contributed by atoms with Crippen molar-refractivity contribution in [2.24, 2.45) is 17.8 Å². The van der Waals surface area contributed by atoms with Crippen LogP contribution in [0.25, 0.3) is 0 Å². The van der Waals surface area contributed by atoms with Gasteiger partial charge in [-0.1, -0.05) is 88.5 Å². The van der Waals surface area contributed by atoms with Crippen molar-refractivity contribution in [2.75, 3.05) is 27.7 Å². The maximum Gasteiger partial charge on any atom is 0.311 e. The monoisotopic (exact) mass is 1020 g/mol. The Labute approximate surface area is 433 Å². The number of unbranched alkanes of at least 4 members (excludes halogenated alkanes) is 1. The predicted octanol–water partition coefficient (Wildman–Crippen LogP) is 7.72. The first kappa shape index (κ1) is 63.5. The normalized spacial score (nSPS) is 39.5. The lowest BCUT2D eigenvalue weighted by molar-refractivity contribution is -0.317. The summed E-state index contributed by atoms with van der Waals surface area (Å²) in [5.41, 5.74) is -4.57. The third kappa shape index (κ3) is 18.2. The van der Waals surface area contributed by atoms with Crippen LogP contribution in [0.1, 0.15) is 153 Å². The van der Waals surface area contributed by atoms with E-state index >= 15 is 0 Å². The number of rotatable bonds is 20. The quantitative estimate of drug-likeness (QED) is 0.0452. The van der Waals surface area contributed by atoms with Crippen LogP contribution < -0.4 is 0 Å². The van der Waals surface area contributed by atoms with E-state index in [1.165, 1.54) is 14.0 Å². The molecule has 0 aromatic carbocycles. The third-order valence-electron chi connectivity index (χ3n) is 15.4. The summed E-state index contributed by atoms with van der Waals surface area (Å²) in [6.45, 7) is 19.9. The number of carbonyl (C=O) groups is 2. The summed E-state index contributed by atoms with van der Waals surface area (Å²) in [7, 11) is 5.02. The first-order chi connectivity index (χ1) is 33.9. The molecule has 0 unspecified atom stereocenters. The number of hydrogen-bond donors (Lipinski definition) is 5. The van der Waals surface area contributed by atoms with Gasteiger partial charge >= 0.3 is 5.97 Å². The van der Waals surface area contributed by atoms with E-state index in [4.69, 9.17) is 28.4 Å². The van der Waals surface area contributed by atoms with Crippen LogP contribution in [0.5, 0.6) is 0 Å². The number of amides is 1. The molecule has 15 heteroatoms. The van der Waals surface area contributed by atoms with Crippen LogP contribution in [0.4, 0.5) is 0 Å². The zero-order valence-corrected chi connectivity index (χ0v) is 46.5. The SMILES string of the molecule is CC/C=C\C/C=C\C/C=C\C/C=C\C/C=C\CCCC(=O)N(C)[C@H]1C[C@@H](C)O[C@@H](O[C@@H]2[C@H](C)[C@H](O[C@H]3C[C@@](C)(OC)[C@@H](O)[C@H](C)O3)[C@@H](C)C(=O)O[C@H](CC)[C@@](C)(O)[C@H](O)[C@@H](C)N(C)C[C@H](C)C[C@@]2(C)O)[C@@H]1O. The average Bonchev–Trinajstić information content (AvgIpc) is 3.33. The van der Waals surface area contributed by atoms with E-state index in [2.05, 4.69) is 67.7 Å². The van der Waals surface area contributed by atoms with Gasteiger partial charge in [-0.3, -0.25) is 9.59 Å². The van der Waals surface area contributed by atoms with Gasteiger partial charge in [-0.05, 0) is 126 Å². The second kappa shape index (κ2) is 30.1. The summed E-state index contributed by atoms with van der Waals surface area (Å²) in [4.78, 5) is 31.6. The van der Waals surface area contributed by atoms with Crippen molar-refractivity contribution in [3.63, 3.8) is 0 Å². The lowest BCUT2D eigenvalue weighted by atomic mass is 9.77. The third-order valence-corrected chi connectivity index (χ3v) is 15.4. The fraction of sp³-hybridized carbons (Fsp3) is 0.789. The van der Waals surface area contributed by atoms with Crippen LogP contribution in [-0.2, 0) is 38.0 Å². The Morgan fingerprint density at radius 1 is 0.819 bits per heavy atom. The van der Waals surface area contributed by atoms with Gasteiger partial charge in [0.15, 0.2) is 12.6 Å². The van der Waals surface area contributed by atoms with Gasteiger partial charge in [0.25, 0.3) is 0 Å². The second-order valence-electron chi connectivity index (χ2n) is 21.8.